The lowest BCUT2D eigenvalue weighted by Crippen LogP contribution is -2.53. The van der Waals surface area contributed by atoms with Crippen molar-refractivity contribution < 1.29 is 19.5 Å². The van der Waals surface area contributed by atoms with Crippen molar-refractivity contribution in [1.82, 2.24) is 16.0 Å². The van der Waals surface area contributed by atoms with E-state index in [0.29, 0.717) is 25.7 Å². The van der Waals surface area contributed by atoms with Crippen LogP contribution in [0.2, 0.25) is 0 Å². The summed E-state index contributed by atoms with van der Waals surface area (Å²) in [6.07, 6.45) is 1.49. The summed E-state index contributed by atoms with van der Waals surface area (Å²) in [6.45, 7) is 1.32. The highest BCUT2D eigenvalue weighted by Gasteiger charge is 2.21. The Morgan fingerprint density at radius 1 is 1.32 bits per heavy atom. The predicted molar refractivity (Wildman–Crippen MR) is 79.8 cm³/mol. The molecule has 0 aliphatic carbocycles. The van der Waals surface area contributed by atoms with Crippen molar-refractivity contribution >= 4 is 24.1 Å². The summed E-state index contributed by atoms with van der Waals surface area (Å²) in [4.78, 5) is 34.2. The number of nitrogens with one attached hydrogen (secondary N) is 4. The van der Waals surface area contributed by atoms with Gasteiger partial charge >= 0.3 is 0 Å². The number of aliphatic hydroxyl groups excluding tert-OH is 1. The molecule has 9 N–H and O–H groups in total. The summed E-state index contributed by atoms with van der Waals surface area (Å²) in [5, 5.41) is 23.1. The van der Waals surface area contributed by atoms with Crippen molar-refractivity contribution in [3.05, 3.63) is 0 Å². The second-order valence-electron chi connectivity index (χ2n) is 4.75. The van der Waals surface area contributed by atoms with Gasteiger partial charge in [0.05, 0.1) is 12.6 Å². The SMILES string of the molecule is CC(NC(=O)C(N)CO)C(=O)NC(C=O)CCCNC(=N)N. The molecule has 0 aromatic heterocycles. The summed E-state index contributed by atoms with van der Waals surface area (Å²) in [5.41, 5.74) is 10.4. The molecule has 3 unspecified atom stereocenters. The van der Waals surface area contributed by atoms with Gasteiger partial charge in [0, 0.05) is 6.54 Å². The molecule has 10 heteroatoms. The van der Waals surface area contributed by atoms with E-state index >= 15 is 0 Å². The minimum Gasteiger partial charge on any atom is -0.394 e. The van der Waals surface area contributed by atoms with Gasteiger partial charge in [-0.2, -0.15) is 0 Å². The van der Waals surface area contributed by atoms with Crippen LogP contribution in [-0.4, -0.2) is 60.4 Å². The van der Waals surface area contributed by atoms with Crippen LogP contribution in [0.15, 0.2) is 0 Å². The Bertz CT molecular complexity index is 403. The van der Waals surface area contributed by atoms with Gasteiger partial charge in [0.2, 0.25) is 11.8 Å². The van der Waals surface area contributed by atoms with Crippen LogP contribution in [0.3, 0.4) is 0 Å². The van der Waals surface area contributed by atoms with Crippen LogP contribution in [0.4, 0.5) is 0 Å². The van der Waals surface area contributed by atoms with Crippen molar-refractivity contribution in [2.24, 2.45) is 11.5 Å². The smallest absolute Gasteiger partial charge is 0.242 e. The van der Waals surface area contributed by atoms with E-state index in [0.717, 1.165) is 0 Å². The fourth-order valence-electron chi connectivity index (χ4n) is 1.50. The molecule has 22 heavy (non-hydrogen) atoms. The van der Waals surface area contributed by atoms with Crippen LogP contribution in [0.1, 0.15) is 19.8 Å². The highest BCUT2D eigenvalue weighted by molar-refractivity contribution is 5.90. The zero-order valence-corrected chi connectivity index (χ0v) is 12.5. The zero-order valence-electron chi connectivity index (χ0n) is 12.5. The first-order chi connectivity index (χ1) is 10.3. The van der Waals surface area contributed by atoms with Gasteiger partial charge in [0.15, 0.2) is 5.96 Å². The fourth-order valence-corrected chi connectivity index (χ4v) is 1.50. The molecule has 2 amide bonds. The quantitative estimate of drug-likeness (QED) is 0.0955. The van der Waals surface area contributed by atoms with Crippen LogP contribution in [0, 0.1) is 5.41 Å². The van der Waals surface area contributed by atoms with Crippen molar-refractivity contribution in [2.75, 3.05) is 13.2 Å². The fraction of sp³-hybridized carbons (Fsp3) is 0.667. The number of rotatable bonds is 10. The molecule has 0 rings (SSSR count). The first-order valence-corrected chi connectivity index (χ1v) is 6.82. The molecule has 0 saturated carbocycles. The lowest BCUT2D eigenvalue weighted by Gasteiger charge is -2.19. The maximum Gasteiger partial charge on any atom is 0.242 e. The van der Waals surface area contributed by atoms with E-state index in [9.17, 15) is 14.4 Å². The number of amides is 2. The largest absolute Gasteiger partial charge is 0.394 e. The molecule has 0 fully saturated rings. The summed E-state index contributed by atoms with van der Waals surface area (Å²) in [6, 6.07) is -2.69. The first kappa shape index (κ1) is 19.8. The summed E-state index contributed by atoms with van der Waals surface area (Å²) >= 11 is 0. The topological polar surface area (TPSA) is 183 Å². The minimum atomic E-state index is -1.10. The number of aliphatic hydroxyl groups is 1. The number of carbonyl (C=O) groups excluding carboxylic acids is 3. The Kier molecular flexibility index (Phi) is 9.46. The van der Waals surface area contributed by atoms with Crippen molar-refractivity contribution in [3.63, 3.8) is 0 Å². The molecule has 0 spiro atoms. The van der Waals surface area contributed by atoms with Crippen molar-refractivity contribution in [2.45, 2.75) is 37.9 Å². The van der Waals surface area contributed by atoms with Crippen LogP contribution >= 0.6 is 0 Å². The number of carbonyl (C=O) groups is 3. The molecular weight excluding hydrogens is 292 g/mol. The average molecular weight is 316 g/mol. The highest BCUT2D eigenvalue weighted by Crippen LogP contribution is 1.95. The molecule has 126 valence electrons. The molecule has 0 aromatic rings. The molecule has 3 atom stereocenters. The Balaban J connectivity index is 4.20. The van der Waals surface area contributed by atoms with E-state index in [1.165, 1.54) is 6.92 Å². The predicted octanol–water partition coefficient (Wildman–Crippen LogP) is -3.24. The third kappa shape index (κ3) is 8.17. The van der Waals surface area contributed by atoms with Crippen LogP contribution in [0.25, 0.3) is 0 Å². The minimum absolute atomic E-state index is 0.164. The van der Waals surface area contributed by atoms with Crippen LogP contribution in [0.5, 0.6) is 0 Å². The molecule has 0 aromatic carbocycles. The maximum atomic E-state index is 11.8. The lowest BCUT2D eigenvalue weighted by molar-refractivity contribution is -0.130. The molecule has 0 radical (unpaired) electrons. The van der Waals surface area contributed by atoms with E-state index in [2.05, 4.69) is 16.0 Å². The van der Waals surface area contributed by atoms with Gasteiger partial charge in [-0.3, -0.25) is 15.0 Å². The third-order valence-electron chi connectivity index (χ3n) is 2.78. The summed E-state index contributed by atoms with van der Waals surface area (Å²) < 4.78 is 0. The lowest BCUT2D eigenvalue weighted by atomic mass is 10.1. The normalized spacial score (nSPS) is 14.3. The zero-order chi connectivity index (χ0) is 17.1. The summed E-state index contributed by atoms with van der Waals surface area (Å²) in [7, 11) is 0. The maximum absolute atomic E-state index is 11.8. The molecule has 0 bridgehead atoms. The second kappa shape index (κ2) is 10.5. The number of hydrogen-bond donors (Lipinski definition) is 7. The highest BCUT2D eigenvalue weighted by atomic mass is 16.3. The number of hydrogen-bond acceptors (Lipinski definition) is 6. The van der Waals surface area contributed by atoms with E-state index < -0.39 is 36.5 Å². The van der Waals surface area contributed by atoms with Gasteiger partial charge < -0.3 is 37.3 Å². The van der Waals surface area contributed by atoms with E-state index in [-0.39, 0.29) is 5.96 Å². The van der Waals surface area contributed by atoms with E-state index in [1.807, 2.05) is 0 Å². The van der Waals surface area contributed by atoms with Gasteiger partial charge in [0.1, 0.15) is 18.4 Å². The third-order valence-corrected chi connectivity index (χ3v) is 2.78. The van der Waals surface area contributed by atoms with E-state index in [1.54, 1.807) is 0 Å². The standard InChI is InChI=1S/C12H24N6O4/c1-7(17-11(22)9(13)6-20)10(21)18-8(5-19)3-2-4-16-12(14)15/h5,7-9,20H,2-4,6,13H2,1H3,(H,17,22)(H,18,21)(H4,14,15,16). The summed E-state index contributed by atoms with van der Waals surface area (Å²) in [5.74, 6) is -1.35. The Labute approximate surface area is 128 Å². The van der Waals surface area contributed by atoms with Gasteiger partial charge in [-0.05, 0) is 19.8 Å². The number of guanidine groups is 1. The Morgan fingerprint density at radius 3 is 2.45 bits per heavy atom. The molecular formula is C12H24N6O4. The van der Waals surface area contributed by atoms with Gasteiger partial charge in [-0.1, -0.05) is 0 Å². The van der Waals surface area contributed by atoms with Crippen molar-refractivity contribution in [1.29, 1.82) is 5.41 Å². The Morgan fingerprint density at radius 2 is 1.95 bits per heavy atom. The van der Waals surface area contributed by atoms with Crippen LogP contribution in [-0.2, 0) is 14.4 Å². The molecule has 0 aliphatic heterocycles. The number of aldehydes is 1. The van der Waals surface area contributed by atoms with Gasteiger partial charge in [-0.25, -0.2) is 0 Å². The van der Waals surface area contributed by atoms with Gasteiger partial charge in [-0.15, -0.1) is 0 Å². The molecule has 0 heterocycles. The molecule has 10 nitrogen and oxygen atoms in total. The van der Waals surface area contributed by atoms with Gasteiger partial charge in [0.25, 0.3) is 0 Å². The average Bonchev–Trinajstić information content (AvgIpc) is 2.48. The monoisotopic (exact) mass is 316 g/mol. The van der Waals surface area contributed by atoms with Crippen LogP contribution < -0.4 is 27.4 Å². The van der Waals surface area contributed by atoms with E-state index in [4.69, 9.17) is 22.0 Å². The second-order valence-corrected chi connectivity index (χ2v) is 4.75. The van der Waals surface area contributed by atoms with Crippen molar-refractivity contribution in [3.8, 4) is 0 Å². The molecule has 0 saturated heterocycles. The Hall–Kier alpha value is -2.20. The molecule has 0 aliphatic rings. The number of nitrogens with two attached hydrogens (primary N) is 2. The first-order valence-electron chi connectivity index (χ1n) is 6.82.